The number of nitrogens with one attached hydrogen (secondary N) is 1. The van der Waals surface area contributed by atoms with Gasteiger partial charge in [-0.2, -0.15) is 5.10 Å². The number of aromatic nitrogens is 4. The van der Waals surface area contributed by atoms with E-state index in [1.165, 1.54) is 5.56 Å². The van der Waals surface area contributed by atoms with E-state index in [0.29, 0.717) is 41.0 Å². The van der Waals surface area contributed by atoms with Crippen LogP contribution < -0.4 is 11.1 Å². The Hall–Kier alpha value is -3.49. The standard InChI is InChI=1S/C28H32ClN7O/c1-35-17-21(15-34-35)18-36-10-7-20(8-11-36)14-32-28-25(13-23(29)16-33-28)26(37)5-3-19-2-4-24-22(12-19)6-9-31-27(24)30/h2,4,6,9,12-13,15-17,20H,3,5,7-8,10-11,14,18H2,1H3,(H2,30,31)(H,32,33). The van der Waals surface area contributed by atoms with Gasteiger partial charge in [0, 0.05) is 56.1 Å². The first-order chi connectivity index (χ1) is 17.9. The Morgan fingerprint density at radius 1 is 1.14 bits per heavy atom. The number of halogens is 1. The molecule has 1 fully saturated rings. The van der Waals surface area contributed by atoms with Crippen LogP contribution in [0, 0.1) is 5.92 Å². The fraction of sp³-hybridized carbons (Fsp3) is 0.357. The van der Waals surface area contributed by atoms with Gasteiger partial charge in [0.05, 0.1) is 16.8 Å². The molecule has 3 aromatic heterocycles. The number of nitrogens with two attached hydrogens (primary N) is 1. The van der Waals surface area contributed by atoms with E-state index in [4.69, 9.17) is 17.3 Å². The van der Waals surface area contributed by atoms with Gasteiger partial charge < -0.3 is 11.1 Å². The van der Waals surface area contributed by atoms with Crippen LogP contribution in [0.3, 0.4) is 0 Å². The van der Waals surface area contributed by atoms with E-state index in [1.54, 1.807) is 18.5 Å². The van der Waals surface area contributed by atoms with E-state index < -0.39 is 0 Å². The summed E-state index contributed by atoms with van der Waals surface area (Å²) in [4.78, 5) is 24.3. The smallest absolute Gasteiger partial charge is 0.166 e. The molecule has 0 amide bonds. The third-order valence-corrected chi connectivity index (χ3v) is 7.29. The van der Waals surface area contributed by atoms with Gasteiger partial charge in [-0.3, -0.25) is 14.4 Å². The van der Waals surface area contributed by atoms with Gasteiger partial charge >= 0.3 is 0 Å². The fourth-order valence-corrected chi connectivity index (χ4v) is 5.15. The predicted octanol–water partition coefficient (Wildman–Crippen LogP) is 4.74. The van der Waals surface area contributed by atoms with Gasteiger partial charge in [-0.15, -0.1) is 0 Å². The van der Waals surface area contributed by atoms with Crippen molar-refractivity contribution < 1.29 is 4.79 Å². The second-order valence-electron chi connectivity index (χ2n) is 9.85. The highest BCUT2D eigenvalue weighted by Gasteiger charge is 2.21. The Morgan fingerprint density at radius 2 is 1.97 bits per heavy atom. The first kappa shape index (κ1) is 25.2. The molecule has 5 rings (SSSR count). The van der Waals surface area contributed by atoms with Crippen molar-refractivity contribution in [3.8, 4) is 0 Å². The molecule has 1 aliphatic heterocycles. The van der Waals surface area contributed by atoms with Gasteiger partial charge in [0.2, 0.25) is 0 Å². The van der Waals surface area contributed by atoms with Crippen molar-refractivity contribution >= 4 is 39.8 Å². The van der Waals surface area contributed by atoms with Crippen LogP contribution in [0.1, 0.15) is 40.7 Å². The number of aryl methyl sites for hydroxylation is 2. The molecule has 1 aliphatic rings. The van der Waals surface area contributed by atoms with Crippen LogP contribution in [-0.2, 0) is 20.0 Å². The van der Waals surface area contributed by atoms with Gasteiger partial charge in [-0.1, -0.05) is 29.8 Å². The number of ketones is 1. The zero-order valence-electron chi connectivity index (χ0n) is 21.0. The molecule has 0 spiro atoms. The second-order valence-corrected chi connectivity index (χ2v) is 10.3. The van der Waals surface area contributed by atoms with E-state index in [0.717, 1.165) is 55.4 Å². The summed E-state index contributed by atoms with van der Waals surface area (Å²) in [6.45, 7) is 3.83. The first-order valence-corrected chi connectivity index (χ1v) is 13.1. The van der Waals surface area contributed by atoms with Crippen LogP contribution in [0.2, 0.25) is 5.02 Å². The summed E-state index contributed by atoms with van der Waals surface area (Å²) in [5.74, 6) is 1.69. The van der Waals surface area contributed by atoms with Crippen molar-refractivity contribution in [1.29, 1.82) is 0 Å². The molecule has 0 unspecified atom stereocenters. The van der Waals surface area contributed by atoms with Gasteiger partial charge in [-0.25, -0.2) is 9.97 Å². The van der Waals surface area contributed by atoms with Crippen molar-refractivity contribution in [2.24, 2.45) is 13.0 Å². The number of hydrogen-bond donors (Lipinski definition) is 2. The summed E-state index contributed by atoms with van der Waals surface area (Å²) < 4.78 is 1.85. The Balaban J connectivity index is 1.16. The monoisotopic (exact) mass is 517 g/mol. The Bertz CT molecular complexity index is 1390. The number of piperidine rings is 1. The number of likely N-dealkylation sites (tertiary alicyclic amines) is 1. The number of fused-ring (bicyclic) bond motifs is 1. The maximum Gasteiger partial charge on any atom is 0.166 e. The molecule has 1 saturated heterocycles. The quantitative estimate of drug-likeness (QED) is 0.309. The molecular weight excluding hydrogens is 486 g/mol. The molecule has 0 atom stereocenters. The number of rotatable bonds is 9. The third-order valence-electron chi connectivity index (χ3n) is 7.08. The minimum absolute atomic E-state index is 0.0260. The summed E-state index contributed by atoms with van der Waals surface area (Å²) in [6, 6.07) is 9.69. The molecule has 0 aliphatic carbocycles. The van der Waals surface area contributed by atoms with E-state index in [2.05, 4.69) is 37.5 Å². The van der Waals surface area contributed by atoms with Crippen LogP contribution in [0.25, 0.3) is 10.8 Å². The number of anilines is 2. The molecule has 1 aromatic carbocycles. The van der Waals surface area contributed by atoms with Crippen molar-refractivity contribution in [1.82, 2.24) is 24.6 Å². The van der Waals surface area contributed by atoms with Crippen molar-refractivity contribution in [3.05, 3.63) is 76.8 Å². The van der Waals surface area contributed by atoms with Crippen LogP contribution in [0.4, 0.5) is 11.6 Å². The Morgan fingerprint density at radius 3 is 2.76 bits per heavy atom. The van der Waals surface area contributed by atoms with Gasteiger partial charge in [0.1, 0.15) is 11.6 Å². The zero-order chi connectivity index (χ0) is 25.8. The SMILES string of the molecule is Cn1cc(CN2CCC(CNc3ncc(Cl)cc3C(=O)CCc3ccc4c(N)nccc4c3)CC2)cn1. The Kier molecular flexibility index (Phi) is 7.67. The molecular formula is C28H32ClN7O. The van der Waals surface area contributed by atoms with Crippen molar-refractivity contribution in [2.75, 3.05) is 30.7 Å². The number of nitrogens with zero attached hydrogens (tertiary/aromatic N) is 5. The number of hydrogen-bond acceptors (Lipinski definition) is 7. The summed E-state index contributed by atoms with van der Waals surface area (Å²) in [7, 11) is 1.95. The molecule has 0 radical (unpaired) electrons. The van der Waals surface area contributed by atoms with Crippen molar-refractivity contribution in [3.63, 3.8) is 0 Å². The molecule has 0 bridgehead atoms. The lowest BCUT2D eigenvalue weighted by molar-refractivity contribution is 0.0983. The summed E-state index contributed by atoms with van der Waals surface area (Å²) in [6.07, 6.45) is 10.5. The third kappa shape index (κ3) is 6.26. The van der Waals surface area contributed by atoms with Crippen LogP contribution >= 0.6 is 11.6 Å². The lowest BCUT2D eigenvalue weighted by atomic mass is 9.96. The maximum atomic E-state index is 13.2. The number of carbonyl (C=O) groups excluding carboxylic acids is 1. The van der Waals surface area contributed by atoms with E-state index in [9.17, 15) is 4.79 Å². The minimum atomic E-state index is 0.0260. The molecule has 4 heterocycles. The summed E-state index contributed by atoms with van der Waals surface area (Å²) in [5, 5.41) is 10.1. The average Bonchev–Trinajstić information content (AvgIpc) is 3.31. The summed E-state index contributed by atoms with van der Waals surface area (Å²) >= 11 is 6.22. The highest BCUT2D eigenvalue weighted by molar-refractivity contribution is 6.31. The highest BCUT2D eigenvalue weighted by atomic mass is 35.5. The molecule has 9 heteroatoms. The normalized spacial score (nSPS) is 14.8. The molecule has 3 N–H and O–H groups in total. The molecule has 37 heavy (non-hydrogen) atoms. The maximum absolute atomic E-state index is 13.2. The number of carbonyl (C=O) groups is 1. The topological polar surface area (TPSA) is 102 Å². The number of benzene rings is 1. The fourth-order valence-electron chi connectivity index (χ4n) is 4.99. The summed E-state index contributed by atoms with van der Waals surface area (Å²) in [5.41, 5.74) is 8.84. The van der Waals surface area contributed by atoms with Gasteiger partial charge in [0.25, 0.3) is 0 Å². The number of pyridine rings is 2. The molecule has 8 nitrogen and oxygen atoms in total. The number of Topliss-reactive ketones (excluding diaryl/α,β-unsaturated/α-hetero) is 1. The van der Waals surface area contributed by atoms with E-state index in [-0.39, 0.29) is 5.78 Å². The van der Waals surface area contributed by atoms with Crippen LogP contribution in [-0.4, -0.2) is 50.1 Å². The van der Waals surface area contributed by atoms with Crippen LogP contribution in [0.15, 0.2) is 55.1 Å². The van der Waals surface area contributed by atoms with E-state index in [1.807, 2.05) is 36.1 Å². The van der Waals surface area contributed by atoms with Crippen LogP contribution in [0.5, 0.6) is 0 Å². The van der Waals surface area contributed by atoms with Crippen molar-refractivity contribution in [2.45, 2.75) is 32.2 Å². The second kappa shape index (κ2) is 11.3. The molecule has 0 saturated carbocycles. The zero-order valence-corrected chi connectivity index (χ0v) is 21.8. The lowest BCUT2D eigenvalue weighted by Crippen LogP contribution is -2.35. The minimum Gasteiger partial charge on any atom is -0.383 e. The Labute approximate surface area is 221 Å². The average molecular weight is 518 g/mol. The predicted molar refractivity (Wildman–Crippen MR) is 148 cm³/mol. The van der Waals surface area contributed by atoms with Gasteiger partial charge in [0.15, 0.2) is 5.78 Å². The highest BCUT2D eigenvalue weighted by Crippen LogP contribution is 2.25. The van der Waals surface area contributed by atoms with E-state index >= 15 is 0 Å². The molecule has 192 valence electrons. The molecule has 4 aromatic rings. The lowest BCUT2D eigenvalue weighted by Gasteiger charge is -2.31. The first-order valence-electron chi connectivity index (χ1n) is 12.7. The number of nitrogen functional groups attached to an aromatic ring is 1. The largest absolute Gasteiger partial charge is 0.383 e. The van der Waals surface area contributed by atoms with Gasteiger partial charge in [-0.05, 0) is 61.4 Å².